The molecule has 3 aromatic rings. The molecule has 0 unspecified atom stereocenters. The number of anilines is 3. The molecule has 0 aliphatic rings. The van der Waals surface area contributed by atoms with Gasteiger partial charge in [0.25, 0.3) is 0 Å². The van der Waals surface area contributed by atoms with Gasteiger partial charge in [0.05, 0.1) is 16.9 Å². The molecule has 0 radical (unpaired) electrons. The number of aryl methyl sites for hydroxylation is 1. The Kier molecular flexibility index (Phi) is 3.32. The average molecular weight is 328 g/mol. The van der Waals surface area contributed by atoms with Crippen molar-refractivity contribution in [2.45, 2.75) is 6.92 Å². The van der Waals surface area contributed by atoms with Crippen LogP contribution in [-0.4, -0.2) is 4.98 Å². The Morgan fingerprint density at radius 3 is 2.80 bits per heavy atom. The summed E-state index contributed by atoms with van der Waals surface area (Å²) in [6.45, 7) is 2.06. The first-order valence-electron chi connectivity index (χ1n) is 6.31. The normalized spacial score (nSPS) is 10.7. The molecule has 1 aromatic heterocycles. The van der Waals surface area contributed by atoms with Gasteiger partial charge in [0.2, 0.25) is 0 Å². The number of benzene rings is 2. The standard InChI is InChI=1S/C16H14BrN3/c1-10-4-5-11(9-13(10)17)20-15-7-6-14-12(16(15)18)3-2-8-19-14/h2-9,20H,18H2,1H3. The first-order chi connectivity index (χ1) is 9.65. The van der Waals surface area contributed by atoms with Gasteiger partial charge < -0.3 is 11.1 Å². The lowest BCUT2D eigenvalue weighted by molar-refractivity contribution is 1.40. The molecule has 0 atom stereocenters. The minimum atomic E-state index is 0.715. The predicted molar refractivity (Wildman–Crippen MR) is 88.3 cm³/mol. The van der Waals surface area contributed by atoms with E-state index in [0.717, 1.165) is 26.8 Å². The number of hydrogen-bond acceptors (Lipinski definition) is 3. The van der Waals surface area contributed by atoms with E-state index >= 15 is 0 Å². The van der Waals surface area contributed by atoms with E-state index in [4.69, 9.17) is 5.73 Å². The molecule has 20 heavy (non-hydrogen) atoms. The van der Waals surface area contributed by atoms with Crippen LogP contribution in [-0.2, 0) is 0 Å². The highest BCUT2D eigenvalue weighted by Crippen LogP contribution is 2.31. The first-order valence-corrected chi connectivity index (χ1v) is 7.11. The summed E-state index contributed by atoms with van der Waals surface area (Å²) in [7, 11) is 0. The number of nitrogen functional groups attached to an aromatic ring is 1. The lowest BCUT2D eigenvalue weighted by Gasteiger charge is -2.12. The van der Waals surface area contributed by atoms with Crippen LogP contribution in [0.3, 0.4) is 0 Å². The Hall–Kier alpha value is -2.07. The fourth-order valence-electron chi connectivity index (χ4n) is 2.11. The molecular formula is C16H14BrN3. The van der Waals surface area contributed by atoms with Crippen LogP contribution in [0.25, 0.3) is 10.9 Å². The Morgan fingerprint density at radius 2 is 2.00 bits per heavy atom. The number of nitrogens with one attached hydrogen (secondary N) is 1. The predicted octanol–water partition coefficient (Wildman–Crippen LogP) is 4.63. The van der Waals surface area contributed by atoms with Crippen LogP contribution in [0.5, 0.6) is 0 Å². The van der Waals surface area contributed by atoms with Crippen LogP contribution in [0.4, 0.5) is 17.1 Å². The Bertz CT molecular complexity index is 784. The monoisotopic (exact) mass is 327 g/mol. The van der Waals surface area contributed by atoms with Gasteiger partial charge in [-0.3, -0.25) is 4.98 Å². The number of nitrogens with two attached hydrogens (primary N) is 1. The maximum absolute atomic E-state index is 6.22. The average Bonchev–Trinajstić information content (AvgIpc) is 2.46. The van der Waals surface area contributed by atoms with Crippen molar-refractivity contribution in [3.8, 4) is 0 Å². The Balaban J connectivity index is 2.02. The van der Waals surface area contributed by atoms with Crippen LogP contribution in [0, 0.1) is 6.92 Å². The van der Waals surface area contributed by atoms with Crippen molar-refractivity contribution in [3.05, 3.63) is 58.7 Å². The van der Waals surface area contributed by atoms with Gasteiger partial charge in [-0.1, -0.05) is 22.0 Å². The third kappa shape index (κ3) is 2.34. The molecule has 2 aromatic carbocycles. The fourth-order valence-corrected chi connectivity index (χ4v) is 2.49. The molecule has 3 nitrogen and oxygen atoms in total. The molecular weight excluding hydrogens is 314 g/mol. The van der Waals surface area contributed by atoms with Crippen LogP contribution in [0.2, 0.25) is 0 Å². The SMILES string of the molecule is Cc1ccc(Nc2ccc3ncccc3c2N)cc1Br. The maximum Gasteiger partial charge on any atom is 0.0724 e. The summed E-state index contributed by atoms with van der Waals surface area (Å²) in [5.41, 5.74) is 10.9. The fraction of sp³-hybridized carbons (Fsp3) is 0.0625. The van der Waals surface area contributed by atoms with E-state index in [1.165, 1.54) is 5.56 Å². The highest BCUT2D eigenvalue weighted by Gasteiger charge is 2.06. The van der Waals surface area contributed by atoms with Gasteiger partial charge in [0, 0.05) is 21.7 Å². The van der Waals surface area contributed by atoms with Crippen molar-refractivity contribution in [2.24, 2.45) is 0 Å². The number of halogens is 1. The summed E-state index contributed by atoms with van der Waals surface area (Å²) in [5.74, 6) is 0. The van der Waals surface area contributed by atoms with E-state index < -0.39 is 0 Å². The summed E-state index contributed by atoms with van der Waals surface area (Å²) in [5, 5.41) is 4.31. The van der Waals surface area contributed by atoms with E-state index in [-0.39, 0.29) is 0 Å². The minimum Gasteiger partial charge on any atom is -0.396 e. The molecule has 4 heteroatoms. The summed E-state index contributed by atoms with van der Waals surface area (Å²) in [4.78, 5) is 4.30. The van der Waals surface area contributed by atoms with Crippen molar-refractivity contribution < 1.29 is 0 Å². The lowest BCUT2D eigenvalue weighted by atomic mass is 10.1. The van der Waals surface area contributed by atoms with Crippen molar-refractivity contribution in [1.29, 1.82) is 0 Å². The molecule has 0 saturated carbocycles. The second-order valence-corrected chi connectivity index (χ2v) is 5.54. The van der Waals surface area contributed by atoms with Crippen LogP contribution in [0.15, 0.2) is 53.1 Å². The number of fused-ring (bicyclic) bond motifs is 1. The molecule has 0 spiro atoms. The van der Waals surface area contributed by atoms with Gasteiger partial charge in [-0.05, 0) is 48.9 Å². The first kappa shape index (κ1) is 12.9. The van der Waals surface area contributed by atoms with E-state index in [2.05, 4.69) is 39.2 Å². The quantitative estimate of drug-likeness (QED) is 0.674. The summed E-state index contributed by atoms with van der Waals surface area (Å²) in [6, 6.07) is 13.9. The molecule has 1 heterocycles. The van der Waals surface area contributed by atoms with Crippen LogP contribution >= 0.6 is 15.9 Å². The zero-order valence-electron chi connectivity index (χ0n) is 11.0. The van der Waals surface area contributed by atoms with Gasteiger partial charge >= 0.3 is 0 Å². The highest BCUT2D eigenvalue weighted by atomic mass is 79.9. The van der Waals surface area contributed by atoms with E-state index in [0.29, 0.717) is 5.69 Å². The maximum atomic E-state index is 6.22. The number of pyridine rings is 1. The van der Waals surface area contributed by atoms with Gasteiger partial charge in [-0.15, -0.1) is 0 Å². The molecule has 0 fully saturated rings. The number of rotatable bonds is 2. The molecule has 0 aliphatic carbocycles. The Labute approximate surface area is 126 Å². The summed E-state index contributed by atoms with van der Waals surface area (Å²) in [6.07, 6.45) is 1.77. The van der Waals surface area contributed by atoms with Gasteiger partial charge in [0.1, 0.15) is 0 Å². The van der Waals surface area contributed by atoms with E-state index in [1.54, 1.807) is 6.20 Å². The molecule has 3 N–H and O–H groups in total. The zero-order valence-corrected chi connectivity index (χ0v) is 12.6. The molecule has 100 valence electrons. The summed E-state index contributed by atoms with van der Waals surface area (Å²) < 4.78 is 1.07. The molecule has 3 rings (SSSR count). The van der Waals surface area contributed by atoms with E-state index in [1.807, 2.05) is 36.4 Å². The van der Waals surface area contributed by atoms with E-state index in [9.17, 15) is 0 Å². The number of hydrogen-bond donors (Lipinski definition) is 2. The third-order valence-electron chi connectivity index (χ3n) is 3.28. The van der Waals surface area contributed by atoms with Gasteiger partial charge in [-0.25, -0.2) is 0 Å². The van der Waals surface area contributed by atoms with Crippen LogP contribution in [0.1, 0.15) is 5.56 Å². The van der Waals surface area contributed by atoms with Crippen molar-refractivity contribution in [2.75, 3.05) is 11.1 Å². The summed E-state index contributed by atoms with van der Waals surface area (Å²) >= 11 is 3.54. The molecule has 0 aliphatic heterocycles. The highest BCUT2D eigenvalue weighted by molar-refractivity contribution is 9.10. The Morgan fingerprint density at radius 1 is 1.15 bits per heavy atom. The third-order valence-corrected chi connectivity index (χ3v) is 4.13. The second-order valence-electron chi connectivity index (χ2n) is 4.69. The number of aromatic nitrogens is 1. The second kappa shape index (κ2) is 5.13. The van der Waals surface area contributed by atoms with Crippen LogP contribution < -0.4 is 11.1 Å². The minimum absolute atomic E-state index is 0.715. The molecule has 0 saturated heterocycles. The number of nitrogens with zero attached hydrogens (tertiary/aromatic N) is 1. The van der Waals surface area contributed by atoms with Crippen molar-refractivity contribution >= 4 is 43.9 Å². The van der Waals surface area contributed by atoms with Crippen molar-refractivity contribution in [1.82, 2.24) is 4.98 Å². The largest absolute Gasteiger partial charge is 0.396 e. The van der Waals surface area contributed by atoms with Gasteiger partial charge in [-0.2, -0.15) is 0 Å². The van der Waals surface area contributed by atoms with Crippen molar-refractivity contribution in [3.63, 3.8) is 0 Å². The molecule has 0 bridgehead atoms. The van der Waals surface area contributed by atoms with Gasteiger partial charge in [0.15, 0.2) is 0 Å². The zero-order chi connectivity index (χ0) is 14.1. The lowest BCUT2D eigenvalue weighted by Crippen LogP contribution is -1.98. The topological polar surface area (TPSA) is 50.9 Å². The smallest absolute Gasteiger partial charge is 0.0724 e. The molecule has 0 amide bonds.